The van der Waals surface area contributed by atoms with Gasteiger partial charge in [0.15, 0.2) is 0 Å². The van der Waals surface area contributed by atoms with Crippen LogP contribution in [0.3, 0.4) is 0 Å². The van der Waals surface area contributed by atoms with Crippen molar-refractivity contribution in [3.63, 3.8) is 0 Å². The maximum atomic E-state index is 11.0. The maximum Gasteiger partial charge on any atom is 0.329 e. The molecule has 2 unspecified atom stereocenters. The number of hydrogen-bond donors (Lipinski definition) is 1. The Bertz CT molecular complexity index is 482. The fraction of sp³-hybridized carbons (Fsp3) is 0.600. The summed E-state index contributed by atoms with van der Waals surface area (Å²) in [5.41, 5.74) is 5.41. The highest BCUT2D eigenvalue weighted by atomic mass is 16.6. The molecule has 2 atom stereocenters. The van der Waals surface area contributed by atoms with Gasteiger partial charge in [-0.2, -0.15) is 4.98 Å². The van der Waals surface area contributed by atoms with Crippen LogP contribution in [0.5, 0.6) is 0 Å². The molecule has 2 aliphatic heterocycles. The second kappa shape index (κ2) is 4.05. The zero-order chi connectivity index (χ0) is 12.7. The van der Waals surface area contributed by atoms with E-state index in [0.717, 1.165) is 19.0 Å². The van der Waals surface area contributed by atoms with Crippen LogP contribution in [0.4, 0.5) is 17.5 Å². The fourth-order valence-electron chi connectivity index (χ4n) is 2.53. The molecule has 0 spiro atoms. The molecule has 18 heavy (non-hydrogen) atoms. The number of anilines is 2. The Hall–Kier alpha value is -1.96. The van der Waals surface area contributed by atoms with Crippen molar-refractivity contribution < 1.29 is 9.66 Å². The number of nitrogen functional groups attached to an aromatic ring is 1. The lowest BCUT2D eigenvalue weighted by Crippen LogP contribution is -2.43. The number of ether oxygens (including phenoxy) is 1. The van der Waals surface area contributed by atoms with Crippen LogP contribution >= 0.6 is 0 Å². The van der Waals surface area contributed by atoms with Gasteiger partial charge in [0.05, 0.1) is 17.1 Å². The van der Waals surface area contributed by atoms with Gasteiger partial charge in [-0.1, -0.05) is 0 Å². The van der Waals surface area contributed by atoms with Gasteiger partial charge in [-0.15, -0.1) is 0 Å². The Morgan fingerprint density at radius 3 is 2.72 bits per heavy atom. The average Bonchev–Trinajstić information content (AvgIpc) is 2.67. The molecule has 2 bridgehead atoms. The maximum absolute atomic E-state index is 11.0. The summed E-state index contributed by atoms with van der Waals surface area (Å²) < 4.78 is 5.69. The molecule has 2 saturated heterocycles. The predicted octanol–water partition coefficient (Wildman–Crippen LogP) is 0.335. The number of fused-ring (bicyclic) bond motifs is 2. The van der Waals surface area contributed by atoms with Crippen LogP contribution < -0.4 is 10.6 Å². The Labute approximate surface area is 103 Å². The fourth-order valence-corrected chi connectivity index (χ4v) is 2.53. The van der Waals surface area contributed by atoms with E-state index < -0.39 is 4.92 Å². The first-order chi connectivity index (χ1) is 8.63. The molecule has 0 saturated carbocycles. The van der Waals surface area contributed by atoms with Gasteiger partial charge in [0, 0.05) is 13.1 Å². The molecule has 2 fully saturated rings. The third kappa shape index (κ3) is 1.84. The monoisotopic (exact) mass is 251 g/mol. The minimum Gasteiger partial charge on any atom is -0.371 e. The van der Waals surface area contributed by atoms with Gasteiger partial charge in [0.1, 0.15) is 6.20 Å². The number of nitrogens with zero attached hydrogens (tertiary/aromatic N) is 4. The van der Waals surface area contributed by atoms with Gasteiger partial charge in [-0.3, -0.25) is 10.1 Å². The Balaban J connectivity index is 1.95. The third-order valence-corrected chi connectivity index (χ3v) is 3.31. The normalized spacial score (nSPS) is 26.3. The Morgan fingerprint density at radius 1 is 1.44 bits per heavy atom. The summed E-state index contributed by atoms with van der Waals surface area (Å²) in [6.45, 7) is 1.24. The summed E-state index contributed by atoms with van der Waals surface area (Å²) in [6.07, 6.45) is 3.43. The highest BCUT2D eigenvalue weighted by Gasteiger charge is 2.36. The highest BCUT2D eigenvalue weighted by molar-refractivity contribution is 5.58. The minimum absolute atomic E-state index is 0.0504. The lowest BCUT2D eigenvalue weighted by molar-refractivity contribution is -0.384. The highest BCUT2D eigenvalue weighted by Crippen LogP contribution is 2.32. The molecule has 0 radical (unpaired) electrons. The molecule has 8 nitrogen and oxygen atoms in total. The summed E-state index contributed by atoms with van der Waals surface area (Å²) in [7, 11) is 0. The van der Waals surface area contributed by atoms with Gasteiger partial charge in [-0.05, 0) is 12.8 Å². The average molecular weight is 251 g/mol. The summed E-state index contributed by atoms with van der Waals surface area (Å²) in [6, 6.07) is 0. The van der Waals surface area contributed by atoms with Gasteiger partial charge < -0.3 is 15.4 Å². The Kier molecular flexibility index (Phi) is 2.51. The van der Waals surface area contributed by atoms with Crippen molar-refractivity contribution in [2.24, 2.45) is 0 Å². The van der Waals surface area contributed by atoms with E-state index in [2.05, 4.69) is 9.97 Å². The van der Waals surface area contributed by atoms with Crippen molar-refractivity contribution in [2.75, 3.05) is 23.7 Å². The van der Waals surface area contributed by atoms with Crippen LogP contribution in [0.2, 0.25) is 0 Å². The third-order valence-electron chi connectivity index (χ3n) is 3.31. The van der Waals surface area contributed by atoms with Crippen molar-refractivity contribution in [1.82, 2.24) is 9.97 Å². The molecular weight excluding hydrogens is 238 g/mol. The van der Waals surface area contributed by atoms with E-state index in [1.807, 2.05) is 4.90 Å². The van der Waals surface area contributed by atoms with Crippen molar-refractivity contribution in [3.05, 3.63) is 16.3 Å². The van der Waals surface area contributed by atoms with E-state index in [-0.39, 0.29) is 23.8 Å². The number of rotatable bonds is 2. The van der Waals surface area contributed by atoms with Crippen LogP contribution in [0.15, 0.2) is 6.20 Å². The van der Waals surface area contributed by atoms with Crippen molar-refractivity contribution in [2.45, 2.75) is 25.0 Å². The summed E-state index contributed by atoms with van der Waals surface area (Å²) in [4.78, 5) is 20.1. The molecule has 0 amide bonds. The molecule has 1 aromatic rings. The molecule has 0 aliphatic carbocycles. The number of morpholine rings is 1. The molecule has 3 rings (SSSR count). The van der Waals surface area contributed by atoms with Crippen molar-refractivity contribution >= 4 is 17.5 Å². The number of nitrogens with two attached hydrogens (primary N) is 1. The zero-order valence-electron chi connectivity index (χ0n) is 9.65. The van der Waals surface area contributed by atoms with Gasteiger partial charge in [-0.25, -0.2) is 4.98 Å². The molecule has 1 aromatic heterocycles. The summed E-state index contributed by atoms with van der Waals surface area (Å²) >= 11 is 0. The Morgan fingerprint density at radius 2 is 2.11 bits per heavy atom. The first-order valence-corrected chi connectivity index (χ1v) is 5.81. The molecule has 2 N–H and O–H groups in total. The van der Waals surface area contributed by atoms with Crippen LogP contribution in [0.1, 0.15) is 12.8 Å². The lowest BCUT2D eigenvalue weighted by atomic mass is 10.2. The molecule has 3 heterocycles. The second-order valence-electron chi connectivity index (χ2n) is 4.56. The quantitative estimate of drug-likeness (QED) is 0.596. The molecule has 0 aromatic carbocycles. The topological polar surface area (TPSA) is 107 Å². The summed E-state index contributed by atoms with van der Waals surface area (Å²) in [5.74, 6) is 0.349. The van der Waals surface area contributed by atoms with Gasteiger partial charge in [0.25, 0.3) is 0 Å². The largest absolute Gasteiger partial charge is 0.371 e. The van der Waals surface area contributed by atoms with E-state index >= 15 is 0 Å². The van der Waals surface area contributed by atoms with Crippen LogP contribution in [-0.4, -0.2) is 40.2 Å². The molecular formula is C10H13N5O3. The predicted molar refractivity (Wildman–Crippen MR) is 63.2 cm³/mol. The van der Waals surface area contributed by atoms with Crippen molar-refractivity contribution in [3.8, 4) is 0 Å². The first-order valence-electron chi connectivity index (χ1n) is 5.81. The van der Waals surface area contributed by atoms with E-state index in [0.29, 0.717) is 18.9 Å². The van der Waals surface area contributed by atoms with Crippen molar-refractivity contribution in [1.29, 1.82) is 0 Å². The number of hydrogen-bond acceptors (Lipinski definition) is 7. The van der Waals surface area contributed by atoms with E-state index in [9.17, 15) is 10.1 Å². The van der Waals surface area contributed by atoms with Crippen LogP contribution in [-0.2, 0) is 4.74 Å². The van der Waals surface area contributed by atoms with Gasteiger partial charge >= 0.3 is 5.69 Å². The smallest absolute Gasteiger partial charge is 0.329 e. The zero-order valence-corrected chi connectivity index (χ0v) is 9.65. The molecule has 8 heteroatoms. The number of aromatic nitrogens is 2. The minimum atomic E-state index is -0.480. The molecule has 96 valence electrons. The second-order valence-corrected chi connectivity index (χ2v) is 4.56. The first kappa shape index (κ1) is 11.1. The van der Waals surface area contributed by atoms with Crippen LogP contribution in [0.25, 0.3) is 0 Å². The number of nitro groups is 1. The van der Waals surface area contributed by atoms with E-state index in [1.54, 1.807) is 0 Å². The molecule has 2 aliphatic rings. The summed E-state index contributed by atoms with van der Waals surface area (Å²) in [5, 5.41) is 11.0. The van der Waals surface area contributed by atoms with Gasteiger partial charge in [0.2, 0.25) is 11.8 Å². The standard InChI is InChI=1S/C10H13N5O3/c11-10-12-3-8(15(16)17)9(13-10)14-4-6-1-2-7(5-14)18-6/h3,6-7H,1-2,4-5H2,(H2,11,12,13). The van der Waals surface area contributed by atoms with E-state index in [4.69, 9.17) is 10.5 Å². The SMILES string of the molecule is Nc1ncc([N+](=O)[O-])c(N2CC3CCC(C2)O3)n1. The lowest BCUT2D eigenvalue weighted by Gasteiger charge is -2.32. The van der Waals surface area contributed by atoms with E-state index in [1.165, 1.54) is 0 Å². The van der Waals surface area contributed by atoms with Crippen LogP contribution in [0, 0.1) is 10.1 Å².